The number of amides is 1. The molecule has 4 atom stereocenters. The van der Waals surface area contributed by atoms with Gasteiger partial charge in [0, 0.05) is 31.1 Å². The molecule has 0 spiro atoms. The van der Waals surface area contributed by atoms with Gasteiger partial charge in [0.05, 0.1) is 11.9 Å². The summed E-state index contributed by atoms with van der Waals surface area (Å²) in [7, 11) is 0. The van der Waals surface area contributed by atoms with E-state index in [2.05, 4.69) is 68.9 Å². The summed E-state index contributed by atoms with van der Waals surface area (Å²) in [5, 5.41) is 11.1. The Bertz CT molecular complexity index is 1160. The second-order valence-electron chi connectivity index (χ2n) is 10.0. The minimum Gasteiger partial charge on any atom is -0.369 e. The summed E-state index contributed by atoms with van der Waals surface area (Å²) in [6.07, 6.45) is 4.26. The lowest BCUT2D eigenvalue weighted by Gasteiger charge is -2.26. The monoisotopic (exact) mass is 430 g/mol. The molecule has 3 aromatic rings. The quantitative estimate of drug-likeness (QED) is 0.665. The van der Waals surface area contributed by atoms with Crippen LogP contribution in [0.3, 0.4) is 0 Å². The number of nitrogens with zero attached hydrogens (tertiary/aromatic N) is 4. The first-order chi connectivity index (χ1) is 15.5. The van der Waals surface area contributed by atoms with Crippen molar-refractivity contribution < 1.29 is 4.79 Å². The van der Waals surface area contributed by atoms with Crippen molar-refractivity contribution in [3.05, 3.63) is 59.5 Å². The minimum absolute atomic E-state index is 0.132. The molecule has 4 heterocycles. The third kappa shape index (κ3) is 3.26. The Morgan fingerprint density at radius 1 is 1.25 bits per heavy atom. The fourth-order valence-electron chi connectivity index (χ4n) is 5.74. The van der Waals surface area contributed by atoms with Gasteiger partial charge in [-0.15, -0.1) is 5.10 Å². The molecule has 3 fully saturated rings. The normalized spacial score (nSPS) is 29.2. The van der Waals surface area contributed by atoms with Crippen LogP contribution < -0.4 is 15.5 Å². The van der Waals surface area contributed by atoms with Crippen LogP contribution in [-0.4, -0.2) is 52.7 Å². The molecule has 7 heteroatoms. The van der Waals surface area contributed by atoms with Gasteiger partial charge in [-0.05, 0) is 55.3 Å². The van der Waals surface area contributed by atoms with Crippen molar-refractivity contribution in [2.24, 2.45) is 11.8 Å². The lowest BCUT2D eigenvalue weighted by Crippen LogP contribution is -2.29. The van der Waals surface area contributed by atoms with E-state index in [1.54, 1.807) is 4.52 Å². The predicted molar refractivity (Wildman–Crippen MR) is 124 cm³/mol. The van der Waals surface area contributed by atoms with Crippen LogP contribution in [0, 0.1) is 18.8 Å². The van der Waals surface area contributed by atoms with E-state index in [4.69, 9.17) is 0 Å². The maximum absolute atomic E-state index is 12.8. The molecule has 1 saturated carbocycles. The second-order valence-corrected chi connectivity index (χ2v) is 10.0. The Labute approximate surface area is 188 Å². The summed E-state index contributed by atoms with van der Waals surface area (Å²) < 4.78 is 1.78. The minimum atomic E-state index is -0.160. The van der Waals surface area contributed by atoms with Crippen molar-refractivity contribution in [1.82, 2.24) is 25.2 Å². The number of pyridine rings is 1. The molecule has 0 bridgehead atoms. The number of piperidine rings is 1. The van der Waals surface area contributed by atoms with E-state index in [1.165, 1.54) is 5.56 Å². The van der Waals surface area contributed by atoms with Gasteiger partial charge in [-0.3, -0.25) is 4.79 Å². The van der Waals surface area contributed by atoms with Gasteiger partial charge in [-0.2, -0.15) is 0 Å². The molecule has 1 amide bonds. The number of rotatable bonds is 4. The molecule has 6 rings (SSSR count). The van der Waals surface area contributed by atoms with Gasteiger partial charge in [-0.1, -0.05) is 37.3 Å². The fourth-order valence-corrected chi connectivity index (χ4v) is 5.74. The molecule has 0 radical (unpaired) electrons. The Morgan fingerprint density at radius 3 is 2.88 bits per heavy atom. The maximum Gasteiger partial charge on any atom is 0.291 e. The van der Waals surface area contributed by atoms with E-state index >= 15 is 0 Å². The highest BCUT2D eigenvalue weighted by Gasteiger charge is 2.51. The number of hydrogen-bond acceptors (Lipinski definition) is 5. The van der Waals surface area contributed by atoms with Gasteiger partial charge in [0.1, 0.15) is 0 Å². The van der Waals surface area contributed by atoms with Crippen molar-refractivity contribution in [2.45, 2.75) is 38.1 Å². The van der Waals surface area contributed by atoms with Gasteiger partial charge in [0.2, 0.25) is 5.82 Å². The van der Waals surface area contributed by atoms with Crippen molar-refractivity contribution in [3.63, 3.8) is 0 Å². The van der Waals surface area contributed by atoms with Crippen LogP contribution in [0.1, 0.15) is 41.5 Å². The predicted octanol–water partition coefficient (Wildman–Crippen LogP) is 2.54. The lowest BCUT2D eigenvalue weighted by molar-refractivity contribution is 0.0937. The zero-order valence-electron chi connectivity index (χ0n) is 18.7. The van der Waals surface area contributed by atoms with Gasteiger partial charge in [-0.25, -0.2) is 9.50 Å². The Morgan fingerprint density at radius 2 is 2.09 bits per heavy atom. The molecule has 32 heavy (non-hydrogen) atoms. The number of fused-ring (bicyclic) bond motifs is 2. The average molecular weight is 431 g/mol. The van der Waals surface area contributed by atoms with E-state index in [0.29, 0.717) is 11.8 Å². The number of anilines is 1. The lowest BCUT2D eigenvalue weighted by atomic mass is 9.82. The number of benzene rings is 1. The van der Waals surface area contributed by atoms with Gasteiger partial charge < -0.3 is 15.5 Å². The highest BCUT2D eigenvalue weighted by molar-refractivity contribution is 5.91. The third-order valence-electron chi connectivity index (χ3n) is 7.78. The van der Waals surface area contributed by atoms with Crippen LogP contribution >= 0.6 is 0 Å². The highest BCUT2D eigenvalue weighted by atomic mass is 16.2. The molecule has 166 valence electrons. The first-order valence-corrected chi connectivity index (χ1v) is 11.7. The highest BCUT2D eigenvalue weighted by Crippen LogP contribution is 2.43. The number of aromatic nitrogens is 3. The maximum atomic E-state index is 12.8. The van der Waals surface area contributed by atoms with Crippen LogP contribution in [0.4, 0.5) is 5.69 Å². The summed E-state index contributed by atoms with van der Waals surface area (Å²) in [6.45, 7) is 8.38. The van der Waals surface area contributed by atoms with Crippen molar-refractivity contribution in [3.8, 4) is 0 Å². The molecule has 3 aliphatic rings. The first-order valence-electron chi connectivity index (χ1n) is 11.7. The number of aryl methyl sites for hydroxylation is 1. The van der Waals surface area contributed by atoms with Crippen molar-refractivity contribution >= 4 is 17.2 Å². The molecular formula is C25H30N6O. The Hall–Kier alpha value is -2.93. The fraction of sp³-hybridized carbons (Fsp3) is 0.480. The van der Waals surface area contributed by atoms with E-state index in [9.17, 15) is 4.79 Å². The Kier molecular flexibility index (Phi) is 4.50. The zero-order chi connectivity index (χ0) is 21.9. The number of carbonyl (C=O) groups excluding carboxylic acids is 1. The second kappa shape index (κ2) is 7.30. The zero-order valence-corrected chi connectivity index (χ0v) is 18.7. The van der Waals surface area contributed by atoms with E-state index < -0.39 is 0 Å². The Balaban J connectivity index is 1.22. The molecule has 2 N–H and O–H groups in total. The molecule has 1 aromatic carbocycles. The van der Waals surface area contributed by atoms with Crippen LogP contribution in [-0.2, 0) is 5.41 Å². The SMILES string of the molecule is Cc1cc(N2CCC(C)(c3ccccc3)C2)cn2nc(C(=O)NC3C4CCNCC43)nc12. The van der Waals surface area contributed by atoms with Gasteiger partial charge >= 0.3 is 0 Å². The summed E-state index contributed by atoms with van der Waals surface area (Å²) in [4.78, 5) is 19.8. The van der Waals surface area contributed by atoms with E-state index in [-0.39, 0.29) is 23.2 Å². The smallest absolute Gasteiger partial charge is 0.291 e. The largest absolute Gasteiger partial charge is 0.369 e. The number of nitrogens with one attached hydrogen (secondary N) is 2. The van der Waals surface area contributed by atoms with Crippen molar-refractivity contribution in [1.29, 1.82) is 0 Å². The van der Waals surface area contributed by atoms with Crippen LogP contribution in [0.25, 0.3) is 5.65 Å². The summed E-state index contributed by atoms with van der Waals surface area (Å²) >= 11 is 0. The standard InChI is InChI=1S/C25H30N6O/c1-16-12-18(30-11-9-25(2,15-30)17-6-4-3-5-7-17)14-31-23(16)28-22(29-31)24(32)27-21-19-8-10-26-13-20(19)21/h3-7,12,14,19-21,26H,8-11,13,15H2,1-2H3,(H,27,32). The molecule has 1 aliphatic carbocycles. The molecular weight excluding hydrogens is 400 g/mol. The molecule has 2 aromatic heterocycles. The van der Waals surface area contributed by atoms with Crippen LogP contribution in [0.15, 0.2) is 42.6 Å². The molecule has 4 unspecified atom stereocenters. The summed E-state index contributed by atoms with van der Waals surface area (Å²) in [6, 6.07) is 13.2. The van der Waals surface area contributed by atoms with Crippen LogP contribution in [0.5, 0.6) is 0 Å². The number of carbonyl (C=O) groups is 1. The van der Waals surface area contributed by atoms with Crippen molar-refractivity contribution in [2.75, 3.05) is 31.1 Å². The van der Waals surface area contributed by atoms with Crippen LogP contribution in [0.2, 0.25) is 0 Å². The first kappa shape index (κ1) is 19.7. The summed E-state index contributed by atoms with van der Waals surface area (Å²) in [5.74, 6) is 1.27. The molecule has 2 saturated heterocycles. The molecule has 2 aliphatic heterocycles. The average Bonchev–Trinajstić information content (AvgIpc) is 3.13. The topological polar surface area (TPSA) is 74.6 Å². The summed E-state index contributed by atoms with van der Waals surface area (Å²) in [5.41, 5.74) is 4.43. The molecule has 7 nitrogen and oxygen atoms in total. The van der Waals surface area contributed by atoms with Gasteiger partial charge in [0.25, 0.3) is 5.91 Å². The number of hydrogen-bond donors (Lipinski definition) is 2. The van der Waals surface area contributed by atoms with E-state index in [0.717, 1.165) is 55.9 Å². The third-order valence-corrected chi connectivity index (χ3v) is 7.78. The van der Waals surface area contributed by atoms with E-state index in [1.807, 2.05) is 13.1 Å². The van der Waals surface area contributed by atoms with Gasteiger partial charge in [0.15, 0.2) is 5.65 Å².